The molecule has 2 heterocycles. The topological polar surface area (TPSA) is 119 Å². The third kappa shape index (κ3) is 3.61. The van der Waals surface area contributed by atoms with E-state index in [4.69, 9.17) is 9.47 Å². The average molecular weight is 419 g/mol. The van der Waals surface area contributed by atoms with Crippen LogP contribution in [0.5, 0.6) is 11.5 Å². The number of nitro groups is 1. The van der Waals surface area contributed by atoms with Gasteiger partial charge in [0.15, 0.2) is 11.5 Å². The monoisotopic (exact) mass is 419 g/mol. The Morgan fingerprint density at radius 2 is 1.62 bits per heavy atom. The SMILES string of the molecule is O=C(c1ccc2c(c1)OCO2)N1CCN(S(=O)(=O)c2ccc([N+](=O)[O-])cc2)CC1. The van der Waals surface area contributed by atoms with E-state index in [1.807, 2.05) is 0 Å². The van der Waals surface area contributed by atoms with Gasteiger partial charge in [0.25, 0.3) is 11.6 Å². The second-order valence-corrected chi connectivity index (χ2v) is 8.45. The predicted octanol–water partition coefficient (Wildman–Crippen LogP) is 1.47. The van der Waals surface area contributed by atoms with Gasteiger partial charge in [-0.15, -0.1) is 0 Å². The predicted molar refractivity (Wildman–Crippen MR) is 100 cm³/mol. The Kier molecular flexibility index (Phi) is 4.84. The van der Waals surface area contributed by atoms with Crippen LogP contribution in [0.25, 0.3) is 0 Å². The molecule has 1 saturated heterocycles. The zero-order valence-electron chi connectivity index (χ0n) is 15.2. The van der Waals surface area contributed by atoms with Crippen LogP contribution in [-0.2, 0) is 10.0 Å². The molecule has 2 aromatic carbocycles. The molecule has 2 aromatic rings. The Morgan fingerprint density at radius 3 is 2.28 bits per heavy atom. The van der Waals surface area contributed by atoms with Gasteiger partial charge in [0, 0.05) is 43.9 Å². The molecule has 0 aliphatic carbocycles. The Morgan fingerprint density at radius 1 is 0.966 bits per heavy atom. The van der Waals surface area contributed by atoms with Crippen molar-refractivity contribution in [2.24, 2.45) is 0 Å². The number of carbonyl (C=O) groups is 1. The largest absolute Gasteiger partial charge is 0.454 e. The summed E-state index contributed by atoms with van der Waals surface area (Å²) >= 11 is 0. The molecule has 10 nitrogen and oxygen atoms in total. The number of rotatable bonds is 4. The summed E-state index contributed by atoms with van der Waals surface area (Å²) in [4.78, 5) is 24.4. The molecule has 0 saturated carbocycles. The van der Waals surface area contributed by atoms with Crippen molar-refractivity contribution in [3.8, 4) is 11.5 Å². The zero-order chi connectivity index (χ0) is 20.6. The molecule has 4 rings (SSSR count). The van der Waals surface area contributed by atoms with Crippen LogP contribution in [0.4, 0.5) is 5.69 Å². The molecule has 0 unspecified atom stereocenters. The number of hydrogen-bond donors (Lipinski definition) is 0. The summed E-state index contributed by atoms with van der Waals surface area (Å²) in [6.45, 7) is 0.857. The third-order valence-electron chi connectivity index (χ3n) is 4.83. The molecule has 1 fully saturated rings. The minimum atomic E-state index is -3.79. The lowest BCUT2D eigenvalue weighted by Crippen LogP contribution is -2.50. The van der Waals surface area contributed by atoms with Gasteiger partial charge in [0.1, 0.15) is 0 Å². The molecule has 0 bridgehead atoms. The Balaban J connectivity index is 1.43. The lowest BCUT2D eigenvalue weighted by atomic mass is 10.1. The summed E-state index contributed by atoms with van der Waals surface area (Å²) in [7, 11) is -3.79. The summed E-state index contributed by atoms with van der Waals surface area (Å²) in [5.41, 5.74) is 0.268. The first kappa shape index (κ1) is 19.2. The number of benzene rings is 2. The third-order valence-corrected chi connectivity index (χ3v) is 6.74. The van der Waals surface area contributed by atoms with Gasteiger partial charge >= 0.3 is 0 Å². The van der Waals surface area contributed by atoms with Gasteiger partial charge in [0.05, 0.1) is 9.82 Å². The number of piperazine rings is 1. The molecule has 11 heteroatoms. The highest BCUT2D eigenvalue weighted by Crippen LogP contribution is 2.33. The second kappa shape index (κ2) is 7.33. The lowest BCUT2D eigenvalue weighted by Gasteiger charge is -2.34. The Labute approximate surface area is 166 Å². The van der Waals surface area contributed by atoms with Crippen LogP contribution >= 0.6 is 0 Å². The molecule has 0 N–H and O–H groups in total. The highest BCUT2D eigenvalue weighted by Gasteiger charge is 2.31. The van der Waals surface area contributed by atoms with Crippen LogP contribution in [0.1, 0.15) is 10.4 Å². The molecule has 152 valence electrons. The summed E-state index contributed by atoms with van der Waals surface area (Å²) in [5.74, 6) is 0.881. The number of carbonyl (C=O) groups excluding carboxylic acids is 1. The first-order chi connectivity index (χ1) is 13.9. The van der Waals surface area contributed by atoms with E-state index in [1.165, 1.54) is 16.4 Å². The maximum Gasteiger partial charge on any atom is 0.269 e. The van der Waals surface area contributed by atoms with Crippen LogP contribution in [0.15, 0.2) is 47.4 Å². The van der Waals surface area contributed by atoms with Gasteiger partial charge in [-0.3, -0.25) is 14.9 Å². The standard InChI is InChI=1S/C18H17N3O7S/c22-18(13-1-6-16-17(11-13)28-12-27-16)19-7-9-20(10-8-19)29(25,26)15-4-2-14(3-5-15)21(23)24/h1-6,11H,7-10,12H2. The lowest BCUT2D eigenvalue weighted by molar-refractivity contribution is -0.384. The molecular formula is C18H17N3O7S. The van der Waals surface area contributed by atoms with Gasteiger partial charge in [-0.05, 0) is 30.3 Å². The van der Waals surface area contributed by atoms with Crippen molar-refractivity contribution in [3.63, 3.8) is 0 Å². The van der Waals surface area contributed by atoms with E-state index in [9.17, 15) is 23.3 Å². The van der Waals surface area contributed by atoms with Crippen molar-refractivity contribution in [1.82, 2.24) is 9.21 Å². The van der Waals surface area contributed by atoms with Crippen LogP contribution in [-0.4, -0.2) is 61.4 Å². The Hall–Kier alpha value is -3.18. The van der Waals surface area contributed by atoms with Crippen molar-refractivity contribution < 1.29 is 27.6 Å². The highest BCUT2D eigenvalue weighted by atomic mass is 32.2. The average Bonchev–Trinajstić information content (AvgIpc) is 3.21. The molecule has 0 radical (unpaired) electrons. The number of hydrogen-bond acceptors (Lipinski definition) is 7. The molecule has 0 spiro atoms. The fourth-order valence-corrected chi connectivity index (χ4v) is 4.65. The van der Waals surface area contributed by atoms with Crippen molar-refractivity contribution in [2.45, 2.75) is 4.90 Å². The van der Waals surface area contributed by atoms with E-state index in [0.29, 0.717) is 17.1 Å². The van der Waals surface area contributed by atoms with E-state index in [1.54, 1.807) is 23.1 Å². The van der Waals surface area contributed by atoms with Gasteiger partial charge in [-0.1, -0.05) is 0 Å². The second-order valence-electron chi connectivity index (χ2n) is 6.52. The maximum atomic E-state index is 12.8. The summed E-state index contributed by atoms with van der Waals surface area (Å²) in [6.07, 6.45) is 0. The minimum Gasteiger partial charge on any atom is -0.454 e. The van der Waals surface area contributed by atoms with E-state index >= 15 is 0 Å². The summed E-state index contributed by atoms with van der Waals surface area (Å²) in [5, 5.41) is 10.7. The Bertz CT molecular complexity index is 1060. The van der Waals surface area contributed by atoms with E-state index in [0.717, 1.165) is 12.1 Å². The molecule has 0 atom stereocenters. The van der Waals surface area contributed by atoms with Crippen LogP contribution in [0, 0.1) is 10.1 Å². The maximum absolute atomic E-state index is 12.8. The smallest absolute Gasteiger partial charge is 0.269 e. The fraction of sp³-hybridized carbons (Fsp3) is 0.278. The quantitative estimate of drug-likeness (QED) is 0.544. The zero-order valence-corrected chi connectivity index (χ0v) is 16.0. The molecule has 2 aliphatic rings. The first-order valence-corrected chi connectivity index (χ1v) is 10.2. The summed E-state index contributed by atoms with van der Waals surface area (Å²) < 4.78 is 37.3. The van der Waals surface area contributed by atoms with E-state index < -0.39 is 14.9 Å². The van der Waals surface area contributed by atoms with Gasteiger partial charge in [0.2, 0.25) is 16.8 Å². The minimum absolute atomic E-state index is 0.0151. The van der Waals surface area contributed by atoms with E-state index in [-0.39, 0.29) is 49.5 Å². The normalized spacial score (nSPS) is 16.6. The number of nitro benzene ring substituents is 1. The number of sulfonamides is 1. The van der Waals surface area contributed by atoms with Crippen molar-refractivity contribution in [3.05, 3.63) is 58.1 Å². The number of amides is 1. The van der Waals surface area contributed by atoms with Crippen molar-refractivity contribution in [2.75, 3.05) is 33.0 Å². The fourth-order valence-electron chi connectivity index (χ4n) is 3.23. The number of nitrogens with zero attached hydrogens (tertiary/aromatic N) is 3. The van der Waals surface area contributed by atoms with Crippen LogP contribution < -0.4 is 9.47 Å². The van der Waals surface area contributed by atoms with E-state index in [2.05, 4.69) is 0 Å². The van der Waals surface area contributed by atoms with Crippen molar-refractivity contribution in [1.29, 1.82) is 0 Å². The van der Waals surface area contributed by atoms with Crippen LogP contribution in [0.3, 0.4) is 0 Å². The number of fused-ring (bicyclic) bond motifs is 1. The molecule has 1 amide bonds. The first-order valence-electron chi connectivity index (χ1n) is 8.80. The summed E-state index contributed by atoms with van der Waals surface area (Å²) in [6, 6.07) is 9.69. The molecular weight excluding hydrogens is 402 g/mol. The number of ether oxygens (including phenoxy) is 2. The van der Waals surface area contributed by atoms with Gasteiger partial charge < -0.3 is 14.4 Å². The number of non-ortho nitro benzene ring substituents is 1. The van der Waals surface area contributed by atoms with Gasteiger partial charge in [-0.25, -0.2) is 8.42 Å². The van der Waals surface area contributed by atoms with Gasteiger partial charge in [-0.2, -0.15) is 4.31 Å². The van der Waals surface area contributed by atoms with Crippen LogP contribution in [0.2, 0.25) is 0 Å². The molecule has 29 heavy (non-hydrogen) atoms. The molecule has 2 aliphatic heterocycles. The van der Waals surface area contributed by atoms with Crippen molar-refractivity contribution >= 4 is 21.6 Å². The molecule has 0 aromatic heterocycles. The highest BCUT2D eigenvalue weighted by molar-refractivity contribution is 7.89.